The molecule has 134 valence electrons. The van der Waals surface area contributed by atoms with Crippen LogP contribution in [0.3, 0.4) is 0 Å². The van der Waals surface area contributed by atoms with Gasteiger partial charge in [-0.25, -0.2) is 9.97 Å². The molecular weight excluding hydrogens is 318 g/mol. The van der Waals surface area contributed by atoms with Gasteiger partial charge in [-0.2, -0.15) is 0 Å². The number of ether oxygens (including phenoxy) is 2. The second-order valence-corrected chi connectivity index (χ2v) is 5.80. The number of hydrogen-bond acceptors (Lipinski definition) is 6. The molecule has 4 N–H and O–H groups in total. The van der Waals surface area contributed by atoms with E-state index in [1.54, 1.807) is 0 Å². The van der Waals surface area contributed by atoms with Gasteiger partial charge in [-0.3, -0.25) is 0 Å². The fourth-order valence-electron chi connectivity index (χ4n) is 3.02. The van der Waals surface area contributed by atoms with E-state index in [1.807, 2.05) is 25.1 Å². The van der Waals surface area contributed by atoms with E-state index in [-0.39, 0.29) is 0 Å². The number of imidazole rings is 1. The molecule has 0 aliphatic rings. The number of aryl methyl sites for hydroxylation is 1. The molecule has 1 aromatic carbocycles. The molecule has 0 saturated heterocycles. The zero-order chi connectivity index (χ0) is 17.8. The van der Waals surface area contributed by atoms with Gasteiger partial charge in [0.15, 0.2) is 5.82 Å². The van der Waals surface area contributed by atoms with Crippen molar-refractivity contribution in [3.05, 3.63) is 24.0 Å². The number of fused-ring (bicyclic) bond motifs is 3. The quantitative estimate of drug-likeness (QED) is 0.651. The van der Waals surface area contributed by atoms with Crippen LogP contribution in [-0.2, 0) is 17.9 Å². The summed E-state index contributed by atoms with van der Waals surface area (Å²) in [5.74, 6) is 2.03. The Balaban J connectivity index is 2.31. The van der Waals surface area contributed by atoms with E-state index in [0.717, 1.165) is 41.0 Å². The fraction of sp³-hybridized carbons (Fsp3) is 0.444. The highest BCUT2D eigenvalue weighted by molar-refractivity contribution is 6.09. The molecule has 0 fully saturated rings. The van der Waals surface area contributed by atoms with Gasteiger partial charge in [0, 0.05) is 19.7 Å². The molecule has 0 aliphatic heterocycles. The second kappa shape index (κ2) is 7.67. The molecule has 0 amide bonds. The van der Waals surface area contributed by atoms with Crippen LogP contribution in [-0.4, -0.2) is 34.3 Å². The summed E-state index contributed by atoms with van der Waals surface area (Å²) >= 11 is 0. The smallest absolute Gasteiger partial charge is 0.152 e. The van der Waals surface area contributed by atoms with Crippen LogP contribution in [0.15, 0.2) is 18.2 Å². The van der Waals surface area contributed by atoms with E-state index >= 15 is 0 Å². The van der Waals surface area contributed by atoms with Gasteiger partial charge in [0.1, 0.15) is 30.3 Å². The minimum atomic E-state index is 0.422. The molecule has 0 bridgehead atoms. The Bertz CT molecular complexity index is 875. The summed E-state index contributed by atoms with van der Waals surface area (Å²) in [5, 5.41) is 0.920. The van der Waals surface area contributed by atoms with Gasteiger partial charge in [0.25, 0.3) is 0 Å². The Kier molecular flexibility index (Phi) is 5.35. The van der Waals surface area contributed by atoms with Crippen molar-refractivity contribution < 1.29 is 9.47 Å². The van der Waals surface area contributed by atoms with Crippen LogP contribution in [0.2, 0.25) is 0 Å². The molecule has 0 unspecified atom stereocenters. The number of nitrogens with zero attached hydrogens (tertiary/aromatic N) is 3. The number of pyridine rings is 1. The maximum atomic E-state index is 6.19. The van der Waals surface area contributed by atoms with Crippen LogP contribution in [0.5, 0.6) is 5.75 Å². The van der Waals surface area contributed by atoms with Gasteiger partial charge in [0.2, 0.25) is 0 Å². The Hall–Kier alpha value is -2.38. The van der Waals surface area contributed by atoms with Crippen LogP contribution in [0, 0.1) is 0 Å². The molecule has 2 heterocycles. The van der Waals surface area contributed by atoms with Gasteiger partial charge in [-0.1, -0.05) is 13.0 Å². The van der Waals surface area contributed by atoms with Crippen LogP contribution >= 0.6 is 0 Å². The van der Waals surface area contributed by atoms with Crippen molar-refractivity contribution in [3.8, 4) is 5.75 Å². The number of benzene rings is 1. The lowest BCUT2D eigenvalue weighted by molar-refractivity contribution is 0.126. The predicted molar refractivity (Wildman–Crippen MR) is 99.6 cm³/mol. The zero-order valence-corrected chi connectivity index (χ0v) is 14.8. The van der Waals surface area contributed by atoms with Crippen molar-refractivity contribution >= 4 is 27.8 Å². The van der Waals surface area contributed by atoms with Crippen molar-refractivity contribution in [2.75, 3.05) is 25.5 Å². The maximum absolute atomic E-state index is 6.19. The van der Waals surface area contributed by atoms with E-state index < -0.39 is 0 Å². The van der Waals surface area contributed by atoms with Gasteiger partial charge in [-0.15, -0.1) is 0 Å². The minimum absolute atomic E-state index is 0.422. The third kappa shape index (κ3) is 3.25. The fourth-order valence-corrected chi connectivity index (χ4v) is 3.02. The summed E-state index contributed by atoms with van der Waals surface area (Å²) in [6, 6.07) is 5.78. The third-order valence-electron chi connectivity index (χ3n) is 4.03. The lowest BCUT2D eigenvalue weighted by atomic mass is 10.1. The summed E-state index contributed by atoms with van der Waals surface area (Å²) in [5.41, 5.74) is 14.2. The molecule has 7 nitrogen and oxygen atoms in total. The summed E-state index contributed by atoms with van der Waals surface area (Å²) < 4.78 is 13.6. The van der Waals surface area contributed by atoms with Gasteiger partial charge >= 0.3 is 0 Å². The number of rotatable bonds is 8. The first-order chi connectivity index (χ1) is 12.2. The van der Waals surface area contributed by atoms with E-state index in [1.165, 1.54) is 0 Å². The first-order valence-electron chi connectivity index (χ1n) is 8.69. The molecule has 2 aromatic heterocycles. The molecule has 0 radical (unpaired) electrons. The lowest BCUT2D eigenvalue weighted by Crippen LogP contribution is -2.11. The van der Waals surface area contributed by atoms with Crippen molar-refractivity contribution in [2.24, 2.45) is 5.73 Å². The number of aromatic nitrogens is 3. The van der Waals surface area contributed by atoms with E-state index in [0.29, 0.717) is 37.7 Å². The molecule has 3 aromatic rings. The largest absolute Gasteiger partial charge is 0.491 e. The molecule has 7 heteroatoms. The van der Waals surface area contributed by atoms with Crippen LogP contribution in [0.25, 0.3) is 21.9 Å². The summed E-state index contributed by atoms with van der Waals surface area (Å²) in [7, 11) is 0. The van der Waals surface area contributed by atoms with Gasteiger partial charge in [-0.05, 0) is 25.5 Å². The molecule has 3 rings (SSSR count). The first-order valence-corrected chi connectivity index (χ1v) is 8.69. The molecule has 25 heavy (non-hydrogen) atoms. The SMILES string of the molecule is CCCn1c(COCC)nc2c(N)nc3cccc(OCCN)c3c21. The monoisotopic (exact) mass is 343 g/mol. The highest BCUT2D eigenvalue weighted by Gasteiger charge is 2.19. The average Bonchev–Trinajstić information content (AvgIpc) is 2.97. The van der Waals surface area contributed by atoms with Crippen molar-refractivity contribution in [2.45, 2.75) is 33.4 Å². The number of nitrogen functional groups attached to an aromatic ring is 1. The van der Waals surface area contributed by atoms with E-state index in [4.69, 9.17) is 25.9 Å². The summed E-state index contributed by atoms with van der Waals surface area (Å²) in [6.45, 7) is 6.89. The average molecular weight is 343 g/mol. The maximum Gasteiger partial charge on any atom is 0.152 e. The summed E-state index contributed by atoms with van der Waals surface area (Å²) in [4.78, 5) is 9.23. The summed E-state index contributed by atoms with van der Waals surface area (Å²) in [6.07, 6.45) is 0.972. The predicted octanol–water partition coefficient (Wildman–Crippen LogP) is 2.45. The zero-order valence-electron chi connectivity index (χ0n) is 14.8. The molecule has 0 saturated carbocycles. The van der Waals surface area contributed by atoms with Gasteiger partial charge < -0.3 is 25.5 Å². The number of anilines is 1. The van der Waals surface area contributed by atoms with Crippen LogP contribution < -0.4 is 16.2 Å². The lowest BCUT2D eigenvalue weighted by Gasteiger charge is -2.13. The first kappa shape index (κ1) is 17.4. The van der Waals surface area contributed by atoms with Crippen LogP contribution in [0.1, 0.15) is 26.1 Å². The van der Waals surface area contributed by atoms with Crippen molar-refractivity contribution in [1.82, 2.24) is 14.5 Å². The standard InChI is InChI=1S/C18H25N5O2/c1-3-9-23-14(11-24-4-2)22-16-17(23)15-12(21-18(16)20)6-5-7-13(15)25-10-8-19/h5-7H,3-4,8-11,19H2,1-2H3,(H2,20,21). The third-order valence-corrected chi connectivity index (χ3v) is 4.03. The number of nitrogens with two attached hydrogens (primary N) is 2. The van der Waals surface area contributed by atoms with E-state index in [2.05, 4.69) is 16.5 Å². The Morgan fingerprint density at radius 1 is 1.20 bits per heavy atom. The van der Waals surface area contributed by atoms with E-state index in [9.17, 15) is 0 Å². The minimum Gasteiger partial charge on any atom is -0.491 e. The highest BCUT2D eigenvalue weighted by atomic mass is 16.5. The molecule has 0 aliphatic carbocycles. The molecular formula is C18H25N5O2. The van der Waals surface area contributed by atoms with Crippen LogP contribution in [0.4, 0.5) is 5.82 Å². The highest BCUT2D eigenvalue weighted by Crippen LogP contribution is 2.35. The number of hydrogen-bond donors (Lipinski definition) is 2. The van der Waals surface area contributed by atoms with Crippen molar-refractivity contribution in [1.29, 1.82) is 0 Å². The second-order valence-electron chi connectivity index (χ2n) is 5.80. The molecule has 0 spiro atoms. The Morgan fingerprint density at radius 2 is 2.04 bits per heavy atom. The Labute approximate surface area is 146 Å². The topological polar surface area (TPSA) is 101 Å². The van der Waals surface area contributed by atoms with Gasteiger partial charge in [0.05, 0.1) is 16.4 Å². The normalized spacial score (nSPS) is 11.5. The van der Waals surface area contributed by atoms with Crippen molar-refractivity contribution in [3.63, 3.8) is 0 Å². The molecule has 0 atom stereocenters. The Morgan fingerprint density at radius 3 is 2.76 bits per heavy atom.